The van der Waals surface area contributed by atoms with Gasteiger partial charge in [0.05, 0.1) is 11.8 Å². The molecule has 22 heavy (non-hydrogen) atoms. The van der Waals surface area contributed by atoms with Crippen LogP contribution in [-0.4, -0.2) is 36.4 Å². The molecule has 0 bridgehead atoms. The number of carbonyl (C=O) groups is 2. The molecule has 0 fully saturated rings. The van der Waals surface area contributed by atoms with Crippen molar-refractivity contribution in [3.8, 4) is 5.75 Å². The molecule has 1 atom stereocenters. The summed E-state index contributed by atoms with van der Waals surface area (Å²) in [5.74, 6) is -0.670. The average molecular weight is 306 g/mol. The van der Waals surface area contributed by atoms with Gasteiger partial charge in [-0.3, -0.25) is 0 Å². The second kappa shape index (κ2) is 8.63. The molecule has 1 unspecified atom stereocenters. The van der Waals surface area contributed by atoms with E-state index in [1.54, 1.807) is 12.1 Å². The van der Waals surface area contributed by atoms with Gasteiger partial charge in [-0.05, 0) is 31.2 Å². The molecule has 0 aliphatic carbocycles. The summed E-state index contributed by atoms with van der Waals surface area (Å²) in [5.41, 5.74) is 0.536. The number of benzene rings is 1. The molecule has 1 aromatic rings. The van der Waals surface area contributed by atoms with Crippen molar-refractivity contribution >= 4 is 11.9 Å². The summed E-state index contributed by atoms with van der Waals surface area (Å²) < 4.78 is 14.7. The van der Waals surface area contributed by atoms with Gasteiger partial charge < -0.3 is 19.3 Å². The molecule has 0 heterocycles. The zero-order chi connectivity index (χ0) is 16.5. The second-order valence-corrected chi connectivity index (χ2v) is 4.44. The van der Waals surface area contributed by atoms with Crippen LogP contribution in [-0.2, 0) is 14.3 Å². The Morgan fingerprint density at radius 3 is 2.36 bits per heavy atom. The van der Waals surface area contributed by atoms with Gasteiger partial charge in [-0.1, -0.05) is 13.2 Å². The second-order valence-electron chi connectivity index (χ2n) is 4.44. The van der Waals surface area contributed by atoms with Crippen molar-refractivity contribution in [2.24, 2.45) is 0 Å². The maximum Gasteiger partial charge on any atom is 0.338 e. The van der Waals surface area contributed by atoms with Crippen LogP contribution in [0.25, 0.3) is 0 Å². The van der Waals surface area contributed by atoms with E-state index < -0.39 is 18.0 Å². The van der Waals surface area contributed by atoms with E-state index in [9.17, 15) is 14.7 Å². The molecular weight excluding hydrogens is 288 g/mol. The third-order valence-corrected chi connectivity index (χ3v) is 2.47. The van der Waals surface area contributed by atoms with Gasteiger partial charge >= 0.3 is 11.9 Å². The summed E-state index contributed by atoms with van der Waals surface area (Å²) in [6, 6.07) is 6.22. The Kier molecular flexibility index (Phi) is 6.85. The van der Waals surface area contributed by atoms with Crippen LogP contribution in [0.3, 0.4) is 0 Å². The summed E-state index contributed by atoms with van der Waals surface area (Å²) in [4.78, 5) is 22.9. The fourth-order valence-corrected chi connectivity index (χ4v) is 1.36. The molecule has 0 amide bonds. The molecule has 1 N–H and O–H groups in total. The van der Waals surface area contributed by atoms with Crippen molar-refractivity contribution in [2.75, 3.05) is 13.2 Å². The van der Waals surface area contributed by atoms with E-state index in [4.69, 9.17) is 14.2 Å². The van der Waals surface area contributed by atoms with Crippen LogP contribution in [0.15, 0.2) is 49.3 Å². The number of carbonyl (C=O) groups excluding carboxylic acids is 2. The van der Waals surface area contributed by atoms with Crippen molar-refractivity contribution in [3.05, 3.63) is 54.8 Å². The summed E-state index contributed by atoms with van der Waals surface area (Å²) in [5, 5.41) is 9.57. The zero-order valence-electron chi connectivity index (χ0n) is 12.3. The van der Waals surface area contributed by atoms with E-state index in [-0.39, 0.29) is 18.8 Å². The number of esters is 2. The van der Waals surface area contributed by atoms with Gasteiger partial charge in [-0.15, -0.1) is 0 Å². The molecule has 0 aromatic heterocycles. The molecular formula is C16H18O6. The van der Waals surface area contributed by atoms with Crippen molar-refractivity contribution < 1.29 is 28.9 Å². The van der Waals surface area contributed by atoms with Gasteiger partial charge in [0.2, 0.25) is 0 Å². The average Bonchev–Trinajstić information content (AvgIpc) is 2.51. The fraction of sp³-hybridized carbons (Fsp3) is 0.250. The first-order chi connectivity index (χ1) is 10.4. The molecule has 0 aliphatic heterocycles. The Balaban J connectivity index is 2.40. The van der Waals surface area contributed by atoms with Crippen molar-refractivity contribution in [1.82, 2.24) is 0 Å². The normalized spacial score (nSPS) is 11.2. The summed E-state index contributed by atoms with van der Waals surface area (Å²) in [6.45, 7) is 7.77. The molecule has 0 radical (unpaired) electrons. The van der Waals surface area contributed by atoms with Gasteiger partial charge in [0.15, 0.2) is 0 Å². The minimum Gasteiger partial charge on any atom is -0.466 e. The third kappa shape index (κ3) is 5.80. The quantitative estimate of drug-likeness (QED) is 0.448. The van der Waals surface area contributed by atoms with Crippen LogP contribution >= 0.6 is 0 Å². The predicted octanol–water partition coefficient (Wildman–Crippen LogP) is 1.85. The Labute approximate surface area is 128 Å². The molecule has 1 rings (SSSR count). The summed E-state index contributed by atoms with van der Waals surface area (Å²) >= 11 is 0. The number of hydrogen-bond donors (Lipinski definition) is 1. The van der Waals surface area contributed by atoms with Gasteiger partial charge in [0.25, 0.3) is 0 Å². The van der Waals surface area contributed by atoms with Crippen molar-refractivity contribution in [1.29, 1.82) is 0 Å². The lowest BCUT2D eigenvalue weighted by Gasteiger charge is -2.12. The third-order valence-electron chi connectivity index (χ3n) is 2.47. The number of aliphatic hydroxyl groups excluding tert-OH is 1. The monoisotopic (exact) mass is 306 g/mol. The highest BCUT2D eigenvalue weighted by Gasteiger charge is 2.13. The maximum absolute atomic E-state index is 11.7. The lowest BCUT2D eigenvalue weighted by atomic mass is 10.2. The van der Waals surface area contributed by atoms with Crippen LogP contribution in [0, 0.1) is 0 Å². The Morgan fingerprint density at radius 2 is 1.82 bits per heavy atom. The first-order valence-electron chi connectivity index (χ1n) is 6.49. The molecule has 0 spiro atoms. The molecule has 0 aliphatic rings. The zero-order valence-corrected chi connectivity index (χ0v) is 12.3. The topological polar surface area (TPSA) is 82.1 Å². The van der Waals surface area contributed by atoms with Crippen LogP contribution in [0.1, 0.15) is 17.3 Å². The maximum atomic E-state index is 11.7. The molecule has 6 nitrogen and oxygen atoms in total. The van der Waals surface area contributed by atoms with E-state index in [0.29, 0.717) is 11.3 Å². The summed E-state index contributed by atoms with van der Waals surface area (Å²) in [7, 11) is 0. The van der Waals surface area contributed by atoms with Crippen LogP contribution in [0.5, 0.6) is 5.75 Å². The van der Waals surface area contributed by atoms with E-state index in [2.05, 4.69) is 13.2 Å². The molecule has 1 aromatic carbocycles. The molecule has 118 valence electrons. The van der Waals surface area contributed by atoms with Gasteiger partial charge in [-0.25, -0.2) is 9.59 Å². The Bertz CT molecular complexity index is 546. The standard InChI is InChI=1S/C16H18O6/c1-4-20-14-7-5-12(6-8-14)16(19)22-10-13(17)9-21-15(18)11(2)3/h4-8,13,17H,1-2,9-10H2,3H3. The van der Waals surface area contributed by atoms with Crippen LogP contribution in [0.2, 0.25) is 0 Å². The van der Waals surface area contributed by atoms with Gasteiger partial charge in [-0.2, -0.15) is 0 Å². The fourth-order valence-electron chi connectivity index (χ4n) is 1.36. The predicted molar refractivity (Wildman–Crippen MR) is 79.3 cm³/mol. The lowest BCUT2D eigenvalue weighted by Crippen LogP contribution is -2.25. The smallest absolute Gasteiger partial charge is 0.338 e. The highest BCUT2D eigenvalue weighted by Crippen LogP contribution is 2.13. The van der Waals surface area contributed by atoms with Crippen molar-refractivity contribution in [2.45, 2.75) is 13.0 Å². The first-order valence-corrected chi connectivity index (χ1v) is 6.49. The van der Waals surface area contributed by atoms with Crippen LogP contribution < -0.4 is 4.74 Å². The van der Waals surface area contributed by atoms with Crippen LogP contribution in [0.4, 0.5) is 0 Å². The van der Waals surface area contributed by atoms with E-state index in [1.807, 2.05) is 0 Å². The SMILES string of the molecule is C=COc1ccc(C(=O)OCC(O)COC(=O)C(=C)C)cc1. The van der Waals surface area contributed by atoms with Crippen molar-refractivity contribution in [3.63, 3.8) is 0 Å². The number of rotatable bonds is 8. The van der Waals surface area contributed by atoms with Gasteiger partial charge in [0, 0.05) is 5.57 Å². The number of ether oxygens (including phenoxy) is 3. The molecule has 6 heteroatoms. The minimum atomic E-state index is -1.10. The number of hydrogen-bond acceptors (Lipinski definition) is 6. The molecule has 0 saturated heterocycles. The molecule has 0 saturated carbocycles. The Hall–Kier alpha value is -2.60. The van der Waals surface area contributed by atoms with Gasteiger partial charge in [0.1, 0.15) is 25.1 Å². The highest BCUT2D eigenvalue weighted by atomic mass is 16.6. The van der Waals surface area contributed by atoms with E-state index in [1.165, 1.54) is 25.3 Å². The van der Waals surface area contributed by atoms with E-state index in [0.717, 1.165) is 0 Å². The first kappa shape index (κ1) is 17.5. The Morgan fingerprint density at radius 1 is 1.23 bits per heavy atom. The number of aliphatic hydroxyl groups is 1. The summed E-state index contributed by atoms with van der Waals surface area (Å²) in [6.07, 6.45) is 0.172. The largest absolute Gasteiger partial charge is 0.466 e. The highest BCUT2D eigenvalue weighted by molar-refractivity contribution is 5.89. The minimum absolute atomic E-state index is 0.228. The van der Waals surface area contributed by atoms with E-state index >= 15 is 0 Å². The lowest BCUT2D eigenvalue weighted by molar-refractivity contribution is -0.142.